The molecule has 0 fully saturated rings. The van der Waals surface area contributed by atoms with E-state index in [4.69, 9.17) is 16.3 Å². The van der Waals surface area contributed by atoms with Crippen molar-refractivity contribution in [3.05, 3.63) is 109 Å². The van der Waals surface area contributed by atoms with Gasteiger partial charge >= 0.3 is 5.97 Å². The van der Waals surface area contributed by atoms with Crippen LogP contribution < -0.4 is 14.9 Å². The van der Waals surface area contributed by atoms with Gasteiger partial charge in [-0.15, -0.1) is 0 Å². The van der Waals surface area contributed by atoms with E-state index in [0.717, 1.165) is 11.1 Å². The first-order valence-corrected chi connectivity index (χ1v) is 10.6. The van der Waals surface area contributed by atoms with Crippen molar-refractivity contribution in [2.75, 3.05) is 6.61 Å². The minimum absolute atomic E-state index is 0.0639. The number of aromatic nitrogens is 2. The standard InChI is InChI=1S/C23H18ClN3O3S/c1-3-11-30-22(29)19-14(2)26-23-27(20(19)16-6-8-17(24)9-7-16)21(28)18(31-23)12-15-5-4-10-25-13-15/h3-10,12-13,20H,1,11H2,2H3. The van der Waals surface area contributed by atoms with E-state index >= 15 is 0 Å². The summed E-state index contributed by atoms with van der Waals surface area (Å²) >= 11 is 7.33. The third-order valence-corrected chi connectivity index (χ3v) is 5.98. The molecule has 1 unspecified atom stereocenters. The molecule has 3 aromatic rings. The summed E-state index contributed by atoms with van der Waals surface area (Å²) in [7, 11) is 0. The summed E-state index contributed by atoms with van der Waals surface area (Å²) in [6.07, 6.45) is 6.61. The Morgan fingerprint density at radius 2 is 2.10 bits per heavy atom. The highest BCUT2D eigenvalue weighted by molar-refractivity contribution is 7.07. The highest BCUT2D eigenvalue weighted by Crippen LogP contribution is 2.31. The summed E-state index contributed by atoms with van der Waals surface area (Å²) in [5.41, 5.74) is 2.11. The number of carbonyl (C=O) groups excluding carboxylic acids is 1. The van der Waals surface area contributed by atoms with Crippen LogP contribution in [0.3, 0.4) is 0 Å². The van der Waals surface area contributed by atoms with E-state index in [0.29, 0.717) is 25.6 Å². The quantitative estimate of drug-likeness (QED) is 0.441. The lowest BCUT2D eigenvalue weighted by Crippen LogP contribution is -2.39. The maximum atomic E-state index is 13.4. The van der Waals surface area contributed by atoms with E-state index in [2.05, 4.69) is 16.6 Å². The van der Waals surface area contributed by atoms with Gasteiger partial charge < -0.3 is 4.74 Å². The van der Waals surface area contributed by atoms with E-state index in [1.54, 1.807) is 55.7 Å². The predicted molar refractivity (Wildman–Crippen MR) is 121 cm³/mol. The van der Waals surface area contributed by atoms with Crippen molar-refractivity contribution in [1.82, 2.24) is 9.55 Å². The highest BCUT2D eigenvalue weighted by Gasteiger charge is 2.33. The van der Waals surface area contributed by atoms with Crippen molar-refractivity contribution in [2.24, 2.45) is 4.99 Å². The number of hydrogen-bond donors (Lipinski definition) is 0. The maximum absolute atomic E-state index is 13.4. The Labute approximate surface area is 187 Å². The first-order chi connectivity index (χ1) is 15.0. The molecule has 0 spiro atoms. The van der Waals surface area contributed by atoms with Gasteiger partial charge in [0.1, 0.15) is 6.61 Å². The Morgan fingerprint density at radius 3 is 2.77 bits per heavy atom. The van der Waals surface area contributed by atoms with Gasteiger partial charge in [0.15, 0.2) is 4.80 Å². The minimum atomic E-state index is -0.679. The van der Waals surface area contributed by atoms with E-state index in [9.17, 15) is 9.59 Å². The van der Waals surface area contributed by atoms with Crippen LogP contribution in [0.4, 0.5) is 0 Å². The molecule has 6 nitrogen and oxygen atoms in total. The summed E-state index contributed by atoms with van der Waals surface area (Å²) < 4.78 is 7.34. The summed E-state index contributed by atoms with van der Waals surface area (Å²) in [5.74, 6) is -0.539. The Balaban J connectivity index is 1.94. The average molecular weight is 452 g/mol. The number of halogens is 1. The predicted octanol–water partition coefficient (Wildman–Crippen LogP) is 3.01. The number of rotatable bonds is 5. The molecule has 156 valence electrons. The fourth-order valence-electron chi connectivity index (χ4n) is 3.37. The fraction of sp³-hybridized carbons (Fsp3) is 0.130. The molecule has 0 radical (unpaired) electrons. The molecule has 0 N–H and O–H groups in total. The molecule has 1 aliphatic heterocycles. The van der Waals surface area contributed by atoms with Crippen LogP contribution in [-0.2, 0) is 9.53 Å². The number of carbonyl (C=O) groups is 1. The van der Waals surface area contributed by atoms with Crippen LogP contribution in [-0.4, -0.2) is 22.1 Å². The topological polar surface area (TPSA) is 73.6 Å². The Kier molecular flexibility index (Phi) is 5.97. The summed E-state index contributed by atoms with van der Waals surface area (Å²) in [4.78, 5) is 35.4. The number of ether oxygens (including phenoxy) is 1. The lowest BCUT2D eigenvalue weighted by atomic mass is 9.96. The van der Waals surface area contributed by atoms with E-state index in [-0.39, 0.29) is 12.2 Å². The third-order valence-electron chi connectivity index (χ3n) is 4.74. The molecule has 1 aliphatic rings. The molecule has 0 aliphatic carbocycles. The Morgan fingerprint density at radius 1 is 1.32 bits per heavy atom. The van der Waals surface area contributed by atoms with Crippen molar-refractivity contribution in [3.8, 4) is 0 Å². The van der Waals surface area contributed by atoms with Crippen molar-refractivity contribution in [1.29, 1.82) is 0 Å². The van der Waals surface area contributed by atoms with Gasteiger partial charge in [-0.3, -0.25) is 14.3 Å². The molecule has 0 saturated carbocycles. The molecule has 0 amide bonds. The maximum Gasteiger partial charge on any atom is 0.338 e. The van der Waals surface area contributed by atoms with Crippen LogP contribution in [0.1, 0.15) is 24.1 Å². The van der Waals surface area contributed by atoms with Crippen molar-refractivity contribution < 1.29 is 9.53 Å². The summed E-state index contributed by atoms with van der Waals surface area (Å²) in [6, 6.07) is 10.0. The second-order valence-electron chi connectivity index (χ2n) is 6.81. The number of hydrogen-bond acceptors (Lipinski definition) is 6. The van der Waals surface area contributed by atoms with Gasteiger partial charge in [0.2, 0.25) is 0 Å². The lowest BCUT2D eigenvalue weighted by Gasteiger charge is -2.24. The molecule has 3 heterocycles. The third kappa shape index (κ3) is 4.15. The van der Waals surface area contributed by atoms with Gasteiger partial charge in [0, 0.05) is 17.4 Å². The van der Waals surface area contributed by atoms with Gasteiger partial charge in [-0.1, -0.05) is 53.8 Å². The number of thiazole rings is 1. The highest BCUT2D eigenvalue weighted by atomic mass is 35.5. The zero-order chi connectivity index (χ0) is 22.0. The zero-order valence-electron chi connectivity index (χ0n) is 16.6. The zero-order valence-corrected chi connectivity index (χ0v) is 18.2. The molecule has 4 rings (SSSR count). The van der Waals surface area contributed by atoms with Gasteiger partial charge in [0.05, 0.1) is 21.8 Å². The Hall–Kier alpha value is -3.29. The van der Waals surface area contributed by atoms with Crippen LogP contribution in [0.5, 0.6) is 0 Å². The minimum Gasteiger partial charge on any atom is -0.458 e. The first-order valence-electron chi connectivity index (χ1n) is 9.45. The van der Waals surface area contributed by atoms with Crippen LogP contribution >= 0.6 is 22.9 Å². The Bertz CT molecular complexity index is 1360. The first kappa shape index (κ1) is 21.0. The molecular formula is C23H18ClN3O3S. The van der Waals surface area contributed by atoms with E-state index in [1.807, 2.05) is 6.07 Å². The van der Waals surface area contributed by atoms with E-state index in [1.165, 1.54) is 22.0 Å². The van der Waals surface area contributed by atoms with Crippen LogP contribution in [0.2, 0.25) is 5.02 Å². The number of fused-ring (bicyclic) bond motifs is 1. The monoisotopic (exact) mass is 451 g/mol. The number of benzene rings is 1. The van der Waals surface area contributed by atoms with Crippen LogP contribution in [0.15, 0.2) is 82.5 Å². The molecular weight excluding hydrogens is 434 g/mol. The largest absolute Gasteiger partial charge is 0.458 e. The molecule has 0 saturated heterocycles. The second-order valence-corrected chi connectivity index (χ2v) is 8.25. The van der Waals surface area contributed by atoms with Crippen molar-refractivity contribution >= 4 is 35.0 Å². The second kappa shape index (κ2) is 8.83. The number of nitrogens with zero attached hydrogens (tertiary/aromatic N) is 3. The number of esters is 1. The molecule has 2 aromatic heterocycles. The fourth-order valence-corrected chi connectivity index (χ4v) is 4.54. The number of pyridine rings is 1. The number of allylic oxidation sites excluding steroid dienone is 1. The lowest BCUT2D eigenvalue weighted by molar-refractivity contribution is -0.138. The molecule has 31 heavy (non-hydrogen) atoms. The normalized spacial score (nSPS) is 15.9. The molecule has 1 atom stereocenters. The summed E-state index contributed by atoms with van der Waals surface area (Å²) in [5, 5.41) is 0.559. The molecule has 1 aromatic carbocycles. The smallest absolute Gasteiger partial charge is 0.338 e. The SMILES string of the molecule is C=CCOC(=O)C1=C(C)N=c2sc(=Cc3cccnc3)c(=O)n2C1c1ccc(Cl)cc1. The van der Waals surface area contributed by atoms with Crippen molar-refractivity contribution in [2.45, 2.75) is 13.0 Å². The average Bonchev–Trinajstić information content (AvgIpc) is 3.07. The van der Waals surface area contributed by atoms with Gasteiger partial charge in [-0.25, -0.2) is 9.79 Å². The van der Waals surface area contributed by atoms with Gasteiger partial charge in [-0.2, -0.15) is 0 Å². The molecule has 0 bridgehead atoms. The van der Waals surface area contributed by atoms with Crippen LogP contribution in [0, 0.1) is 0 Å². The van der Waals surface area contributed by atoms with Crippen LogP contribution in [0.25, 0.3) is 6.08 Å². The molecule has 8 heteroatoms. The summed E-state index contributed by atoms with van der Waals surface area (Å²) in [6.45, 7) is 5.39. The van der Waals surface area contributed by atoms with Gasteiger partial charge in [0.25, 0.3) is 5.56 Å². The van der Waals surface area contributed by atoms with E-state index < -0.39 is 12.0 Å². The van der Waals surface area contributed by atoms with Gasteiger partial charge in [-0.05, 0) is 42.3 Å². The van der Waals surface area contributed by atoms with Crippen molar-refractivity contribution in [3.63, 3.8) is 0 Å².